The monoisotopic (exact) mass is 707 g/mol. The normalized spacial score (nSPS) is 38.5. The zero-order chi connectivity index (χ0) is 32.5. The molecule has 3 aromatic rings. The molecule has 0 spiro atoms. The van der Waals surface area contributed by atoms with Gasteiger partial charge in [0, 0.05) is 18.8 Å². The summed E-state index contributed by atoms with van der Waals surface area (Å²) in [6, 6.07) is 0. The Hall–Kier alpha value is -2.65. The van der Waals surface area contributed by atoms with Crippen molar-refractivity contribution in [3.63, 3.8) is 0 Å². The number of carbonyl (C=O) groups excluding carboxylic acids is 1. The molecule has 23 heteroatoms. The van der Waals surface area contributed by atoms with E-state index in [0.717, 1.165) is 17.1 Å². The van der Waals surface area contributed by atoms with Crippen molar-refractivity contribution in [2.45, 2.75) is 55.6 Å². The van der Waals surface area contributed by atoms with Crippen LogP contribution in [0.3, 0.4) is 0 Å². The number of hydrogen-bond acceptors (Lipinski definition) is 15. The van der Waals surface area contributed by atoms with Gasteiger partial charge in [0.05, 0.1) is 25.1 Å². The fourth-order valence-electron chi connectivity index (χ4n) is 5.67. The molecule has 2 unspecified atom stereocenters. The van der Waals surface area contributed by atoms with E-state index >= 15 is 4.39 Å². The standard InChI is InChI=1S/C23H25F2N7O11P2S/c24-9-3-31(20-13(9)10(33)1-2-27-20)23-18-16(34)11(40-23)5-39-45(37,46)43-17-12(4-38-8-44(35,36)42-18)41-22(14(17)25)32-7-30-15-19(26)28-6-29-21(15)32/h2-3,6-7,11-12,14,16-18,22-23,34H,1,4-5,8H2,(H,35,36)(H,37,46)(H2,26,28,29)/t11-,12-,14-,16-,17-,18-,22-,23-,45?/m1/s1. The van der Waals surface area contributed by atoms with Gasteiger partial charge in [-0.3, -0.25) is 23.0 Å². The van der Waals surface area contributed by atoms with Crippen molar-refractivity contribution in [1.29, 1.82) is 0 Å². The number of imidazole rings is 1. The van der Waals surface area contributed by atoms with Crippen LogP contribution in [0.15, 0.2) is 23.8 Å². The van der Waals surface area contributed by atoms with Crippen LogP contribution < -0.4 is 5.73 Å². The van der Waals surface area contributed by atoms with Crippen LogP contribution in [0.5, 0.6) is 0 Å². The molecule has 7 rings (SSSR count). The molecule has 0 radical (unpaired) electrons. The van der Waals surface area contributed by atoms with Crippen LogP contribution in [0.25, 0.3) is 11.2 Å². The Morgan fingerprint density at radius 2 is 1.85 bits per heavy atom. The average Bonchev–Trinajstić information content (AvgIpc) is 3.73. The lowest BCUT2D eigenvalue weighted by Gasteiger charge is -2.27. The van der Waals surface area contributed by atoms with Gasteiger partial charge in [-0.1, -0.05) is 0 Å². The first kappa shape index (κ1) is 31.9. The molecular formula is C23H25F2N7O11P2S. The molecule has 10 atom stereocenters. The summed E-state index contributed by atoms with van der Waals surface area (Å²) in [6.07, 6.45) is -9.32. The molecule has 0 saturated carbocycles. The number of ether oxygens (including phenoxy) is 3. The van der Waals surface area contributed by atoms with Crippen LogP contribution in [-0.4, -0.2) is 107 Å². The van der Waals surface area contributed by atoms with Gasteiger partial charge >= 0.3 is 14.3 Å². The molecule has 46 heavy (non-hydrogen) atoms. The smallest absolute Gasteiger partial charge is 0.354 e. The minimum absolute atomic E-state index is 0.0391. The maximum Gasteiger partial charge on any atom is 0.354 e. The van der Waals surface area contributed by atoms with E-state index in [1.165, 1.54) is 17.1 Å². The van der Waals surface area contributed by atoms with Crippen LogP contribution in [0.2, 0.25) is 0 Å². The number of aromatic nitrogens is 5. The Balaban J connectivity index is 1.17. The van der Waals surface area contributed by atoms with E-state index < -0.39 is 94.6 Å². The van der Waals surface area contributed by atoms with Gasteiger partial charge in [0.1, 0.15) is 54.5 Å². The Morgan fingerprint density at radius 1 is 1.07 bits per heavy atom. The van der Waals surface area contributed by atoms with Crippen LogP contribution in [-0.2, 0) is 44.2 Å². The van der Waals surface area contributed by atoms with Gasteiger partial charge in [0.15, 0.2) is 41.7 Å². The summed E-state index contributed by atoms with van der Waals surface area (Å²) in [5, 5.41) is 11.1. The van der Waals surface area contributed by atoms with E-state index in [4.69, 9.17) is 45.3 Å². The second kappa shape index (κ2) is 11.8. The second-order valence-electron chi connectivity index (χ2n) is 10.7. The molecule has 3 aromatic heterocycles. The summed E-state index contributed by atoms with van der Waals surface area (Å²) in [6.45, 7) is -5.54. The van der Waals surface area contributed by atoms with E-state index in [0.29, 0.717) is 0 Å². The van der Waals surface area contributed by atoms with Gasteiger partial charge in [-0.05, 0) is 11.8 Å². The van der Waals surface area contributed by atoms with Gasteiger partial charge in [-0.15, -0.1) is 0 Å². The molecule has 5 N–H and O–H groups in total. The number of nitrogens with zero attached hydrogens (tertiary/aromatic N) is 6. The number of rotatable bonds is 2. The molecule has 3 saturated heterocycles. The number of nitrogen functional groups attached to an aromatic ring is 1. The molecule has 0 aromatic carbocycles. The van der Waals surface area contributed by atoms with Crippen molar-refractivity contribution in [3.05, 3.63) is 30.2 Å². The van der Waals surface area contributed by atoms with Gasteiger partial charge < -0.3 is 43.9 Å². The number of aliphatic hydroxyl groups excluding tert-OH is 1. The highest BCUT2D eigenvalue weighted by Gasteiger charge is 2.53. The number of alkyl halides is 1. The zero-order valence-corrected chi connectivity index (χ0v) is 25.8. The summed E-state index contributed by atoms with van der Waals surface area (Å²) in [7, 11) is -4.73. The lowest BCUT2D eigenvalue weighted by Crippen LogP contribution is -2.37. The Kier molecular flexibility index (Phi) is 8.19. The first-order chi connectivity index (χ1) is 21.8. The number of fused-ring (bicyclic) bond motifs is 5. The van der Waals surface area contributed by atoms with Gasteiger partial charge in [0.2, 0.25) is 0 Å². The molecule has 4 aliphatic heterocycles. The molecule has 3 fully saturated rings. The van der Waals surface area contributed by atoms with Crippen LogP contribution >= 0.6 is 14.3 Å². The number of Topliss-reactive ketones (excluding diaryl/α,β-unsaturated/α-hetero) is 1. The minimum atomic E-state index is -4.73. The van der Waals surface area contributed by atoms with E-state index in [1.807, 2.05) is 0 Å². The Bertz CT molecular complexity index is 1830. The number of aliphatic hydroxyl groups is 1. The van der Waals surface area contributed by atoms with Gasteiger partial charge in [0.25, 0.3) is 0 Å². The van der Waals surface area contributed by atoms with Gasteiger partial charge in [-0.25, -0.2) is 28.7 Å². The number of ketones is 1. The summed E-state index contributed by atoms with van der Waals surface area (Å²) in [4.78, 5) is 50.0. The number of nitrogens with two attached hydrogens (primary N) is 1. The van der Waals surface area contributed by atoms with E-state index in [9.17, 15) is 28.6 Å². The van der Waals surface area contributed by atoms with Crippen LogP contribution in [0.1, 0.15) is 29.2 Å². The maximum absolute atomic E-state index is 16.0. The second-order valence-corrected chi connectivity index (χ2v) is 15.2. The van der Waals surface area contributed by atoms with E-state index in [-0.39, 0.29) is 34.8 Å². The molecule has 248 valence electrons. The van der Waals surface area contributed by atoms with Crippen LogP contribution in [0, 0.1) is 5.82 Å². The molecule has 2 bridgehead atoms. The van der Waals surface area contributed by atoms with Crippen molar-refractivity contribution in [2.75, 3.05) is 25.3 Å². The third-order valence-electron chi connectivity index (χ3n) is 7.72. The lowest BCUT2D eigenvalue weighted by atomic mass is 10.1. The predicted octanol–water partition coefficient (Wildman–Crippen LogP) is 1.01. The largest absolute Gasteiger partial charge is 0.387 e. The number of carbonyl (C=O) groups is 1. The number of anilines is 1. The van der Waals surface area contributed by atoms with Crippen molar-refractivity contribution >= 4 is 60.9 Å². The lowest BCUT2D eigenvalue weighted by molar-refractivity contribution is -0.0599. The third-order valence-corrected chi connectivity index (χ3v) is 10.4. The third kappa shape index (κ3) is 5.63. The van der Waals surface area contributed by atoms with E-state index in [2.05, 4.69) is 19.9 Å². The number of hydrogen-bond donors (Lipinski definition) is 4. The Labute approximate surface area is 261 Å². The van der Waals surface area contributed by atoms with Gasteiger partial charge in [-0.2, -0.15) is 0 Å². The highest BCUT2D eigenvalue weighted by Crippen LogP contribution is 2.53. The first-order valence-corrected chi connectivity index (χ1v) is 17.9. The SMILES string of the molecule is Nc1ncnc2c1ncn2[C@@H]1O[C@@H]2COCP(=O)(O)O[C@@H]3[C@H](O)[C@@H](COP(O)(=S)O[C@H]2[C@H]1F)O[C@H]3n1cc(F)c2c1N=CCC2=O. The van der Waals surface area contributed by atoms with Crippen molar-refractivity contribution in [2.24, 2.45) is 4.99 Å². The molecule has 7 heterocycles. The van der Waals surface area contributed by atoms with Crippen LogP contribution in [0.4, 0.5) is 20.4 Å². The zero-order valence-electron chi connectivity index (χ0n) is 23.2. The first-order valence-electron chi connectivity index (χ1n) is 13.6. The fraction of sp³-hybridized carbons (Fsp3) is 0.522. The summed E-state index contributed by atoms with van der Waals surface area (Å²) >= 11 is 5.14. The molecule has 0 aliphatic carbocycles. The topological polar surface area (TPSA) is 237 Å². The maximum atomic E-state index is 16.0. The molecule has 18 nitrogen and oxygen atoms in total. The highest BCUT2D eigenvalue weighted by molar-refractivity contribution is 8.07. The minimum Gasteiger partial charge on any atom is -0.387 e. The summed E-state index contributed by atoms with van der Waals surface area (Å²) in [5.41, 5.74) is 5.82. The molecule has 0 amide bonds. The highest BCUT2D eigenvalue weighted by atomic mass is 32.5. The fourth-order valence-corrected chi connectivity index (χ4v) is 8.11. The van der Waals surface area contributed by atoms with Crippen molar-refractivity contribution < 1.29 is 60.8 Å². The average molecular weight is 708 g/mol. The molecular weight excluding hydrogens is 682 g/mol. The van der Waals surface area contributed by atoms with Crippen molar-refractivity contribution in [3.8, 4) is 0 Å². The van der Waals surface area contributed by atoms with E-state index in [1.54, 1.807) is 0 Å². The molecule has 4 aliphatic rings. The summed E-state index contributed by atoms with van der Waals surface area (Å²) < 4.78 is 79.7. The number of halogens is 2. The Morgan fingerprint density at radius 3 is 2.65 bits per heavy atom. The quantitative estimate of drug-likeness (QED) is 0.272. The van der Waals surface area contributed by atoms with Crippen molar-refractivity contribution in [1.82, 2.24) is 24.1 Å². The predicted molar refractivity (Wildman–Crippen MR) is 153 cm³/mol. The summed E-state index contributed by atoms with van der Waals surface area (Å²) in [5.74, 6) is -1.61. The number of aliphatic imine (C=N–C) groups is 1.